The smallest absolute Gasteiger partial charge is 0.310 e. The SMILES string of the molecule is CCOC(=O)Cc1cncc(Br)c1F. The minimum atomic E-state index is -0.465. The van der Waals surface area contributed by atoms with Crippen molar-refractivity contribution in [3.8, 4) is 0 Å². The molecule has 5 heteroatoms. The molecule has 0 bridgehead atoms. The van der Waals surface area contributed by atoms with Gasteiger partial charge in [0.25, 0.3) is 0 Å². The number of pyridine rings is 1. The first kappa shape index (κ1) is 11.1. The Labute approximate surface area is 89.4 Å². The number of hydrogen-bond donors (Lipinski definition) is 0. The third-order valence-corrected chi connectivity index (χ3v) is 2.10. The van der Waals surface area contributed by atoms with Gasteiger partial charge in [0.05, 0.1) is 17.5 Å². The van der Waals surface area contributed by atoms with Crippen LogP contribution >= 0.6 is 15.9 Å². The molecule has 0 unspecified atom stereocenters. The summed E-state index contributed by atoms with van der Waals surface area (Å²) >= 11 is 2.99. The second kappa shape index (κ2) is 5.05. The Kier molecular flexibility index (Phi) is 4.00. The Morgan fingerprint density at radius 3 is 3.00 bits per heavy atom. The summed E-state index contributed by atoms with van der Waals surface area (Å²) in [6.45, 7) is 2.00. The van der Waals surface area contributed by atoms with Gasteiger partial charge in [0.2, 0.25) is 0 Å². The molecule has 0 aliphatic heterocycles. The van der Waals surface area contributed by atoms with Gasteiger partial charge in [-0.1, -0.05) is 0 Å². The maximum atomic E-state index is 13.3. The highest BCUT2D eigenvalue weighted by Gasteiger charge is 2.11. The van der Waals surface area contributed by atoms with Crippen molar-refractivity contribution in [3.63, 3.8) is 0 Å². The molecule has 76 valence electrons. The topological polar surface area (TPSA) is 39.2 Å². The van der Waals surface area contributed by atoms with Crippen LogP contribution in [0.5, 0.6) is 0 Å². The molecule has 0 N–H and O–H groups in total. The number of esters is 1. The largest absolute Gasteiger partial charge is 0.466 e. The number of hydrogen-bond acceptors (Lipinski definition) is 3. The van der Waals surface area contributed by atoms with Crippen LogP contribution in [0.1, 0.15) is 12.5 Å². The molecule has 14 heavy (non-hydrogen) atoms. The maximum absolute atomic E-state index is 13.3. The van der Waals surface area contributed by atoms with E-state index in [2.05, 4.69) is 20.9 Å². The fraction of sp³-hybridized carbons (Fsp3) is 0.333. The molecular weight excluding hydrogens is 253 g/mol. The minimum absolute atomic E-state index is 0.0912. The predicted molar refractivity (Wildman–Crippen MR) is 52.2 cm³/mol. The van der Waals surface area contributed by atoms with E-state index >= 15 is 0 Å². The summed E-state index contributed by atoms with van der Waals surface area (Å²) in [6.07, 6.45) is 2.56. The van der Waals surface area contributed by atoms with Crippen LogP contribution in [0.25, 0.3) is 0 Å². The van der Waals surface area contributed by atoms with Crippen molar-refractivity contribution >= 4 is 21.9 Å². The van der Waals surface area contributed by atoms with E-state index in [4.69, 9.17) is 4.74 Å². The molecule has 0 saturated heterocycles. The van der Waals surface area contributed by atoms with Crippen LogP contribution in [0.4, 0.5) is 4.39 Å². The molecule has 0 atom stereocenters. The molecule has 0 aliphatic carbocycles. The lowest BCUT2D eigenvalue weighted by Crippen LogP contribution is -2.09. The summed E-state index contributed by atoms with van der Waals surface area (Å²) in [7, 11) is 0. The van der Waals surface area contributed by atoms with Gasteiger partial charge in [-0.3, -0.25) is 9.78 Å². The van der Waals surface area contributed by atoms with E-state index in [1.54, 1.807) is 6.92 Å². The van der Waals surface area contributed by atoms with Gasteiger partial charge in [0.1, 0.15) is 5.82 Å². The van der Waals surface area contributed by atoms with Crippen molar-refractivity contribution in [2.24, 2.45) is 0 Å². The Bertz CT molecular complexity index is 344. The highest BCUT2D eigenvalue weighted by molar-refractivity contribution is 9.10. The van der Waals surface area contributed by atoms with Gasteiger partial charge >= 0.3 is 5.97 Å². The van der Waals surface area contributed by atoms with Gasteiger partial charge in [-0.2, -0.15) is 0 Å². The van der Waals surface area contributed by atoms with Gasteiger partial charge in [-0.15, -0.1) is 0 Å². The van der Waals surface area contributed by atoms with Crippen LogP contribution in [0.15, 0.2) is 16.9 Å². The van der Waals surface area contributed by atoms with Crippen LogP contribution in [0.3, 0.4) is 0 Å². The van der Waals surface area contributed by atoms with Crippen molar-refractivity contribution in [2.45, 2.75) is 13.3 Å². The quantitative estimate of drug-likeness (QED) is 0.783. The molecule has 1 rings (SSSR count). The van der Waals surface area contributed by atoms with Crippen molar-refractivity contribution in [1.82, 2.24) is 4.98 Å². The molecule has 1 heterocycles. The number of carbonyl (C=O) groups excluding carboxylic acids is 1. The molecule has 0 radical (unpaired) electrons. The predicted octanol–water partition coefficient (Wildman–Crippen LogP) is 2.09. The zero-order valence-corrected chi connectivity index (χ0v) is 9.17. The summed E-state index contributed by atoms with van der Waals surface area (Å²) in [5.74, 6) is -0.917. The minimum Gasteiger partial charge on any atom is -0.466 e. The molecule has 3 nitrogen and oxygen atoms in total. The first-order valence-electron chi connectivity index (χ1n) is 4.08. The van der Waals surface area contributed by atoms with Gasteiger partial charge in [0, 0.05) is 18.0 Å². The highest BCUT2D eigenvalue weighted by atomic mass is 79.9. The van der Waals surface area contributed by atoms with Crippen molar-refractivity contribution in [1.29, 1.82) is 0 Å². The van der Waals surface area contributed by atoms with E-state index in [9.17, 15) is 9.18 Å². The molecule has 1 aromatic heterocycles. The Morgan fingerprint density at radius 2 is 2.36 bits per heavy atom. The Balaban J connectivity index is 2.76. The van der Waals surface area contributed by atoms with Gasteiger partial charge in [-0.05, 0) is 22.9 Å². The molecule has 0 fully saturated rings. The fourth-order valence-electron chi connectivity index (χ4n) is 0.950. The van der Waals surface area contributed by atoms with Gasteiger partial charge < -0.3 is 4.74 Å². The second-order valence-corrected chi connectivity index (χ2v) is 3.43. The molecular formula is C9H9BrFNO2. The zero-order valence-electron chi connectivity index (χ0n) is 7.59. The third kappa shape index (κ3) is 2.77. The molecule has 0 aromatic carbocycles. The average Bonchev–Trinajstić information content (AvgIpc) is 2.13. The normalized spacial score (nSPS) is 9.93. The van der Waals surface area contributed by atoms with E-state index in [1.165, 1.54) is 12.4 Å². The summed E-state index contributed by atoms with van der Waals surface area (Å²) < 4.78 is 18.2. The standard InChI is InChI=1S/C9H9BrFNO2/c1-2-14-8(13)3-6-4-12-5-7(10)9(6)11/h4-5H,2-3H2,1H3. The first-order valence-corrected chi connectivity index (χ1v) is 4.88. The molecule has 0 aliphatic rings. The molecule has 0 saturated carbocycles. The van der Waals surface area contributed by atoms with E-state index < -0.39 is 11.8 Å². The number of ether oxygens (including phenoxy) is 1. The van der Waals surface area contributed by atoms with Crippen LogP contribution in [-0.4, -0.2) is 17.6 Å². The third-order valence-electron chi connectivity index (χ3n) is 1.55. The summed E-state index contributed by atoms with van der Waals surface area (Å²) in [6, 6.07) is 0. The monoisotopic (exact) mass is 261 g/mol. The number of aromatic nitrogens is 1. The van der Waals surface area contributed by atoms with Crippen LogP contribution in [-0.2, 0) is 16.0 Å². The summed E-state index contributed by atoms with van der Waals surface area (Å²) in [4.78, 5) is 14.8. The Morgan fingerprint density at radius 1 is 1.64 bits per heavy atom. The molecule has 0 spiro atoms. The van der Waals surface area contributed by atoms with Crippen molar-refractivity contribution < 1.29 is 13.9 Å². The Hall–Kier alpha value is -0.970. The maximum Gasteiger partial charge on any atom is 0.310 e. The highest BCUT2D eigenvalue weighted by Crippen LogP contribution is 2.17. The van der Waals surface area contributed by atoms with E-state index in [0.29, 0.717) is 6.61 Å². The van der Waals surface area contributed by atoms with E-state index in [1.807, 2.05) is 0 Å². The van der Waals surface area contributed by atoms with E-state index in [0.717, 1.165) is 0 Å². The fourth-order valence-corrected chi connectivity index (χ4v) is 1.32. The number of nitrogens with zero attached hydrogens (tertiary/aromatic N) is 1. The van der Waals surface area contributed by atoms with Crippen molar-refractivity contribution in [3.05, 3.63) is 28.2 Å². The van der Waals surface area contributed by atoms with Crippen LogP contribution < -0.4 is 0 Å². The summed E-state index contributed by atoms with van der Waals surface area (Å²) in [5, 5.41) is 0. The number of rotatable bonds is 3. The number of halogens is 2. The molecule has 1 aromatic rings. The van der Waals surface area contributed by atoms with Gasteiger partial charge in [-0.25, -0.2) is 4.39 Å². The first-order chi connectivity index (χ1) is 6.65. The lowest BCUT2D eigenvalue weighted by Gasteiger charge is -2.03. The van der Waals surface area contributed by atoms with Gasteiger partial charge in [0.15, 0.2) is 0 Å². The van der Waals surface area contributed by atoms with Crippen molar-refractivity contribution in [2.75, 3.05) is 6.61 Å². The lowest BCUT2D eigenvalue weighted by atomic mass is 10.2. The van der Waals surface area contributed by atoms with E-state index in [-0.39, 0.29) is 16.5 Å². The average molecular weight is 262 g/mol. The summed E-state index contributed by atoms with van der Waals surface area (Å²) in [5.41, 5.74) is 0.234. The lowest BCUT2D eigenvalue weighted by molar-refractivity contribution is -0.142. The van der Waals surface area contributed by atoms with Crippen LogP contribution in [0, 0.1) is 5.82 Å². The zero-order chi connectivity index (χ0) is 10.6. The molecule has 0 amide bonds. The van der Waals surface area contributed by atoms with Crippen LogP contribution in [0.2, 0.25) is 0 Å². The number of carbonyl (C=O) groups is 1. The second-order valence-electron chi connectivity index (χ2n) is 2.58.